The second-order valence-electron chi connectivity index (χ2n) is 8.55. The number of carbonyl (C=O) groups excluding carboxylic acids is 1. The van der Waals surface area contributed by atoms with Gasteiger partial charge < -0.3 is 5.32 Å². The van der Waals surface area contributed by atoms with E-state index < -0.39 is 0 Å². The third kappa shape index (κ3) is 4.50. The summed E-state index contributed by atoms with van der Waals surface area (Å²) in [6.45, 7) is 6.44. The molecule has 4 aromatic rings. The minimum absolute atomic E-state index is 0.0234. The fraction of sp³-hybridized carbons (Fsp3) is 0.320. The van der Waals surface area contributed by atoms with Gasteiger partial charge in [-0.3, -0.25) is 14.2 Å². The van der Waals surface area contributed by atoms with Gasteiger partial charge in [0.2, 0.25) is 0 Å². The van der Waals surface area contributed by atoms with Gasteiger partial charge in [0.25, 0.3) is 11.5 Å². The Labute approximate surface area is 205 Å². The molecule has 3 aromatic heterocycles. The molecule has 1 aromatic carbocycles. The average Bonchev–Trinajstić information content (AvgIpc) is 2.95. The molecule has 0 spiro atoms. The van der Waals surface area contributed by atoms with Crippen LogP contribution in [-0.4, -0.2) is 25.4 Å². The summed E-state index contributed by atoms with van der Waals surface area (Å²) in [5.74, 6) is 0.613. The van der Waals surface area contributed by atoms with E-state index in [9.17, 15) is 9.59 Å². The number of anilines is 1. The number of amides is 1. The number of aryl methyl sites for hydroxylation is 4. The first-order valence-corrected chi connectivity index (χ1v) is 13.0. The third-order valence-corrected chi connectivity index (χ3v) is 7.96. The van der Waals surface area contributed by atoms with E-state index in [1.165, 1.54) is 23.1 Å². The lowest BCUT2D eigenvalue weighted by Gasteiger charge is -2.08. The summed E-state index contributed by atoms with van der Waals surface area (Å²) in [7, 11) is 0. The minimum Gasteiger partial charge on any atom is -0.321 e. The van der Waals surface area contributed by atoms with Crippen molar-refractivity contribution in [3.05, 3.63) is 68.3 Å². The molecule has 0 bridgehead atoms. The van der Waals surface area contributed by atoms with Crippen molar-refractivity contribution in [2.24, 2.45) is 0 Å². The molecule has 4 heterocycles. The number of hydrogen-bond donors (Lipinski definition) is 1. The summed E-state index contributed by atoms with van der Waals surface area (Å²) in [4.78, 5) is 42.1. The van der Waals surface area contributed by atoms with Crippen LogP contribution in [0.2, 0.25) is 0 Å². The van der Waals surface area contributed by atoms with Crippen molar-refractivity contribution in [2.75, 3.05) is 5.32 Å². The maximum absolute atomic E-state index is 13.2. The van der Waals surface area contributed by atoms with Crippen LogP contribution in [0.5, 0.6) is 0 Å². The molecule has 1 N–H and O–H groups in total. The first kappa shape index (κ1) is 22.7. The van der Waals surface area contributed by atoms with Crippen molar-refractivity contribution in [3.63, 3.8) is 0 Å². The van der Waals surface area contributed by atoms with E-state index in [1.807, 2.05) is 51.1 Å². The van der Waals surface area contributed by atoms with Crippen LogP contribution in [0.4, 0.5) is 5.69 Å². The molecule has 9 heteroatoms. The summed E-state index contributed by atoms with van der Waals surface area (Å²) < 4.78 is 1.80. The smallest absolute Gasteiger partial charge is 0.266 e. The van der Waals surface area contributed by atoms with Crippen molar-refractivity contribution in [1.29, 1.82) is 0 Å². The molecule has 0 saturated heterocycles. The van der Waals surface area contributed by atoms with Crippen LogP contribution in [-0.2, 0) is 13.0 Å². The number of thiophene rings is 1. The largest absolute Gasteiger partial charge is 0.321 e. The summed E-state index contributed by atoms with van der Waals surface area (Å²) in [5, 5.41) is 4.23. The van der Waals surface area contributed by atoms with Gasteiger partial charge in [0, 0.05) is 34.9 Å². The van der Waals surface area contributed by atoms with Gasteiger partial charge in [0.15, 0.2) is 5.16 Å². The van der Waals surface area contributed by atoms with Crippen LogP contribution in [0.1, 0.15) is 51.7 Å². The molecule has 174 valence electrons. The number of carbonyl (C=O) groups is 1. The van der Waals surface area contributed by atoms with Crippen LogP contribution >= 0.6 is 23.1 Å². The molecule has 1 aliphatic rings. The highest BCUT2D eigenvalue weighted by molar-refractivity contribution is 7.99. The lowest BCUT2D eigenvalue weighted by molar-refractivity contribution is 0.103. The van der Waals surface area contributed by atoms with E-state index in [0.717, 1.165) is 47.8 Å². The van der Waals surface area contributed by atoms with Crippen LogP contribution in [0, 0.1) is 20.8 Å². The van der Waals surface area contributed by atoms with Gasteiger partial charge in [0.05, 0.1) is 10.3 Å². The zero-order valence-corrected chi connectivity index (χ0v) is 21.0. The number of fused-ring (bicyclic) bond motifs is 2. The lowest BCUT2D eigenvalue weighted by Crippen LogP contribution is -2.24. The third-order valence-electron chi connectivity index (χ3n) is 5.90. The maximum Gasteiger partial charge on any atom is 0.266 e. The second kappa shape index (κ2) is 9.31. The van der Waals surface area contributed by atoms with Crippen molar-refractivity contribution in [3.8, 4) is 0 Å². The average molecular weight is 492 g/mol. The van der Waals surface area contributed by atoms with Gasteiger partial charge in [-0.2, -0.15) is 0 Å². The molecular formula is C25H25N5O2S2. The predicted molar refractivity (Wildman–Crippen MR) is 136 cm³/mol. The van der Waals surface area contributed by atoms with E-state index in [0.29, 0.717) is 38.0 Å². The normalized spacial score (nSPS) is 13.5. The summed E-state index contributed by atoms with van der Waals surface area (Å²) in [6, 6.07) is 9.54. The Morgan fingerprint density at radius 3 is 2.50 bits per heavy atom. The SMILES string of the molecule is Cc1cc(C)nc(Sc2ccc(NC(=O)c3sc4nc5n(c(=O)c4c3C)CCCCC5)cc2)n1. The Morgan fingerprint density at radius 2 is 1.76 bits per heavy atom. The van der Waals surface area contributed by atoms with Crippen LogP contribution in [0.15, 0.2) is 45.2 Å². The molecule has 0 unspecified atom stereocenters. The van der Waals surface area contributed by atoms with Gasteiger partial charge in [-0.15, -0.1) is 11.3 Å². The standard InChI is InChI=1S/C25H25N5O2S2/c1-14-13-15(2)27-25(26-14)33-18-10-8-17(9-11-18)28-22(31)21-16(3)20-23(34-21)29-19-7-5-4-6-12-30(19)24(20)32/h8-11,13H,4-7,12H2,1-3H3,(H,28,31). The zero-order valence-electron chi connectivity index (χ0n) is 19.3. The highest BCUT2D eigenvalue weighted by Gasteiger charge is 2.22. The number of nitrogens with one attached hydrogen (secondary N) is 1. The van der Waals surface area contributed by atoms with Crippen molar-refractivity contribution in [1.82, 2.24) is 19.5 Å². The first-order valence-electron chi connectivity index (χ1n) is 11.3. The molecule has 34 heavy (non-hydrogen) atoms. The lowest BCUT2D eigenvalue weighted by atomic mass is 10.2. The monoisotopic (exact) mass is 491 g/mol. The Hall–Kier alpha value is -3.04. The Kier molecular flexibility index (Phi) is 6.22. The Balaban J connectivity index is 1.37. The van der Waals surface area contributed by atoms with Gasteiger partial charge in [-0.25, -0.2) is 15.0 Å². The van der Waals surface area contributed by atoms with Crippen LogP contribution < -0.4 is 10.9 Å². The maximum atomic E-state index is 13.2. The molecule has 7 nitrogen and oxygen atoms in total. The number of hydrogen-bond acceptors (Lipinski definition) is 7. The van der Waals surface area contributed by atoms with E-state index in [-0.39, 0.29) is 11.5 Å². The van der Waals surface area contributed by atoms with Crippen LogP contribution in [0.3, 0.4) is 0 Å². The van der Waals surface area contributed by atoms with Crippen molar-refractivity contribution < 1.29 is 4.79 Å². The molecule has 0 radical (unpaired) electrons. The fourth-order valence-electron chi connectivity index (χ4n) is 4.27. The molecule has 0 fully saturated rings. The van der Waals surface area contributed by atoms with Gasteiger partial charge >= 0.3 is 0 Å². The molecule has 0 atom stereocenters. The van der Waals surface area contributed by atoms with E-state index in [2.05, 4.69) is 15.3 Å². The van der Waals surface area contributed by atoms with E-state index in [1.54, 1.807) is 4.57 Å². The predicted octanol–water partition coefficient (Wildman–Crippen LogP) is 5.30. The van der Waals surface area contributed by atoms with E-state index in [4.69, 9.17) is 4.98 Å². The van der Waals surface area contributed by atoms with Gasteiger partial charge in [0.1, 0.15) is 10.7 Å². The highest BCUT2D eigenvalue weighted by atomic mass is 32.2. The Bertz CT molecular complexity index is 1440. The fourth-order valence-corrected chi connectivity index (χ4v) is 6.21. The molecule has 0 saturated carbocycles. The number of benzene rings is 1. The quantitative estimate of drug-likeness (QED) is 0.390. The molecular weight excluding hydrogens is 466 g/mol. The van der Waals surface area contributed by atoms with Crippen molar-refractivity contribution in [2.45, 2.75) is 63.1 Å². The molecule has 5 rings (SSSR count). The van der Waals surface area contributed by atoms with E-state index >= 15 is 0 Å². The highest BCUT2D eigenvalue weighted by Crippen LogP contribution is 2.30. The minimum atomic E-state index is -0.224. The van der Waals surface area contributed by atoms with Gasteiger partial charge in [-0.05, 0) is 81.3 Å². The summed E-state index contributed by atoms with van der Waals surface area (Å²) in [6.07, 6.45) is 3.94. The molecule has 0 aliphatic carbocycles. The second-order valence-corrected chi connectivity index (χ2v) is 10.6. The first-order chi connectivity index (χ1) is 16.4. The van der Waals surface area contributed by atoms with Gasteiger partial charge in [-0.1, -0.05) is 6.42 Å². The number of nitrogens with zero attached hydrogens (tertiary/aromatic N) is 4. The molecule has 1 aliphatic heterocycles. The summed E-state index contributed by atoms with van der Waals surface area (Å²) in [5.41, 5.74) is 3.23. The summed E-state index contributed by atoms with van der Waals surface area (Å²) >= 11 is 2.78. The van der Waals surface area contributed by atoms with Crippen molar-refractivity contribution >= 4 is 44.9 Å². The molecule has 1 amide bonds. The number of rotatable bonds is 4. The Morgan fingerprint density at radius 1 is 1.03 bits per heavy atom. The van der Waals surface area contributed by atoms with Crippen LogP contribution in [0.25, 0.3) is 10.2 Å². The zero-order chi connectivity index (χ0) is 23.8. The number of aromatic nitrogens is 4. The topological polar surface area (TPSA) is 89.8 Å².